The lowest BCUT2D eigenvalue weighted by atomic mass is 10.2. The Morgan fingerprint density at radius 2 is 2.03 bits per heavy atom. The second-order valence-corrected chi connectivity index (χ2v) is 7.84. The Hall–Kier alpha value is -3.21. The molecule has 3 aromatic heterocycles. The molecule has 8 heteroatoms. The Balaban J connectivity index is 1.51. The number of benzene rings is 1. The van der Waals surface area contributed by atoms with Crippen molar-refractivity contribution in [2.24, 2.45) is 0 Å². The predicted molar refractivity (Wildman–Crippen MR) is 118 cm³/mol. The van der Waals surface area contributed by atoms with Crippen LogP contribution >= 0.6 is 23.4 Å². The van der Waals surface area contributed by atoms with Gasteiger partial charge in [0.2, 0.25) is 0 Å². The first kappa shape index (κ1) is 20.1. The summed E-state index contributed by atoms with van der Waals surface area (Å²) in [6.07, 6.45) is 5.73. The van der Waals surface area contributed by atoms with Crippen molar-refractivity contribution in [3.8, 4) is 11.8 Å². The van der Waals surface area contributed by atoms with Crippen LogP contribution in [0.5, 0.6) is 5.75 Å². The summed E-state index contributed by atoms with van der Waals surface area (Å²) in [5, 5.41) is 19.6. The lowest BCUT2D eigenvalue weighted by molar-refractivity contribution is 0.289. The first-order valence-electron chi connectivity index (χ1n) is 9.22. The summed E-state index contributed by atoms with van der Waals surface area (Å²) in [6.45, 7) is 4.68. The van der Waals surface area contributed by atoms with Crippen molar-refractivity contribution in [3.63, 3.8) is 0 Å². The number of halogens is 1. The zero-order chi connectivity index (χ0) is 20.9. The zero-order valence-corrected chi connectivity index (χ0v) is 17.6. The van der Waals surface area contributed by atoms with Gasteiger partial charge in [-0.25, -0.2) is 0 Å². The van der Waals surface area contributed by atoms with Crippen molar-refractivity contribution >= 4 is 28.9 Å². The van der Waals surface area contributed by atoms with Gasteiger partial charge in [-0.1, -0.05) is 35.5 Å². The van der Waals surface area contributed by atoms with Gasteiger partial charge in [0, 0.05) is 29.7 Å². The van der Waals surface area contributed by atoms with Gasteiger partial charge in [0.15, 0.2) is 11.0 Å². The van der Waals surface area contributed by atoms with Crippen LogP contribution in [0.4, 0.5) is 0 Å². The number of hydrogen-bond donors (Lipinski definition) is 0. The van der Waals surface area contributed by atoms with Crippen LogP contribution in [0.3, 0.4) is 0 Å². The molecule has 0 radical (unpaired) electrons. The number of fused-ring (bicyclic) bond motifs is 1. The number of nitriles is 1. The number of nitrogens with zero attached hydrogens (tertiary/aromatic N) is 5. The van der Waals surface area contributed by atoms with Crippen LogP contribution in [-0.4, -0.2) is 19.2 Å². The summed E-state index contributed by atoms with van der Waals surface area (Å²) >= 11 is 7.45. The molecule has 0 fully saturated rings. The highest BCUT2D eigenvalue weighted by atomic mass is 35.5. The standard InChI is InChI=1S/C22H18ClN5OS/c1-2-10-28-21(14-29-18-8-6-17(23)7-9-18)25-26-22(28)30-15-16-13-27-11-4-3-5-20(27)19(16)12-24/h2-9,11,13H,1,10,14-15H2. The quantitative estimate of drug-likeness (QED) is 0.284. The van der Waals surface area contributed by atoms with E-state index in [1.165, 1.54) is 11.8 Å². The summed E-state index contributed by atoms with van der Waals surface area (Å²) in [4.78, 5) is 0. The van der Waals surface area contributed by atoms with Gasteiger partial charge in [-0.15, -0.1) is 16.8 Å². The number of aromatic nitrogens is 4. The Morgan fingerprint density at radius 1 is 1.20 bits per heavy atom. The normalized spacial score (nSPS) is 10.8. The average molecular weight is 436 g/mol. The van der Waals surface area contributed by atoms with E-state index in [0.29, 0.717) is 34.5 Å². The Bertz CT molecular complexity index is 1220. The topological polar surface area (TPSA) is 68.1 Å². The molecule has 0 saturated carbocycles. The van der Waals surface area contributed by atoms with E-state index in [2.05, 4.69) is 22.8 Å². The summed E-state index contributed by atoms with van der Waals surface area (Å²) < 4.78 is 9.75. The highest BCUT2D eigenvalue weighted by Crippen LogP contribution is 2.27. The molecule has 4 rings (SSSR count). The molecule has 0 aliphatic carbocycles. The summed E-state index contributed by atoms with van der Waals surface area (Å²) in [5.74, 6) is 2.02. The molecule has 3 heterocycles. The van der Waals surface area contributed by atoms with Crippen LogP contribution < -0.4 is 4.74 Å². The molecular formula is C22H18ClN5OS. The van der Waals surface area contributed by atoms with Crippen molar-refractivity contribution in [1.29, 1.82) is 5.26 Å². The van der Waals surface area contributed by atoms with Gasteiger partial charge in [-0.2, -0.15) is 5.26 Å². The maximum Gasteiger partial charge on any atom is 0.191 e. The SMILES string of the molecule is C=CCn1c(COc2ccc(Cl)cc2)nnc1SCc1cn2ccccc2c1C#N. The molecule has 0 bridgehead atoms. The van der Waals surface area contributed by atoms with Crippen LogP contribution in [0.25, 0.3) is 5.52 Å². The number of pyridine rings is 1. The summed E-state index contributed by atoms with van der Waals surface area (Å²) in [7, 11) is 0. The Kier molecular flexibility index (Phi) is 6.07. The molecule has 0 N–H and O–H groups in total. The Morgan fingerprint density at radius 3 is 2.80 bits per heavy atom. The van der Waals surface area contributed by atoms with Crippen LogP contribution in [-0.2, 0) is 18.9 Å². The van der Waals surface area contributed by atoms with Crippen LogP contribution in [0, 0.1) is 11.3 Å². The van der Waals surface area contributed by atoms with Gasteiger partial charge in [-0.3, -0.25) is 4.57 Å². The van der Waals surface area contributed by atoms with Crippen molar-refractivity contribution in [2.75, 3.05) is 0 Å². The highest BCUT2D eigenvalue weighted by Gasteiger charge is 2.15. The second kappa shape index (κ2) is 9.08. The van der Waals surface area contributed by atoms with E-state index in [9.17, 15) is 5.26 Å². The summed E-state index contributed by atoms with van der Waals surface area (Å²) in [6, 6.07) is 15.3. The summed E-state index contributed by atoms with van der Waals surface area (Å²) in [5.41, 5.74) is 2.55. The molecule has 30 heavy (non-hydrogen) atoms. The Labute approximate surface area is 183 Å². The molecule has 0 amide bonds. The molecule has 0 aliphatic rings. The first-order chi connectivity index (χ1) is 14.7. The highest BCUT2D eigenvalue weighted by molar-refractivity contribution is 7.98. The molecule has 0 aliphatic heterocycles. The van der Waals surface area contributed by atoms with E-state index < -0.39 is 0 Å². The fourth-order valence-electron chi connectivity index (χ4n) is 3.08. The van der Waals surface area contributed by atoms with E-state index in [1.807, 2.05) is 51.7 Å². The molecule has 1 aromatic carbocycles. The van der Waals surface area contributed by atoms with Gasteiger partial charge in [0.25, 0.3) is 0 Å². The largest absolute Gasteiger partial charge is 0.486 e. The lowest BCUT2D eigenvalue weighted by Crippen LogP contribution is -2.07. The lowest BCUT2D eigenvalue weighted by Gasteiger charge is -2.09. The monoisotopic (exact) mass is 435 g/mol. The number of allylic oxidation sites excluding steroid dienone is 1. The van der Waals surface area contributed by atoms with Crippen molar-refractivity contribution < 1.29 is 4.74 Å². The van der Waals surface area contributed by atoms with Crippen molar-refractivity contribution in [1.82, 2.24) is 19.2 Å². The fourth-order valence-corrected chi connectivity index (χ4v) is 4.15. The van der Waals surface area contributed by atoms with Crippen molar-refractivity contribution in [3.05, 3.63) is 89.5 Å². The smallest absolute Gasteiger partial charge is 0.191 e. The van der Waals surface area contributed by atoms with Crippen LogP contribution in [0.2, 0.25) is 5.02 Å². The maximum absolute atomic E-state index is 9.60. The molecular weight excluding hydrogens is 418 g/mol. The number of thioether (sulfide) groups is 1. The third-order valence-corrected chi connectivity index (χ3v) is 5.79. The van der Waals surface area contributed by atoms with E-state index in [0.717, 1.165) is 16.2 Å². The third-order valence-electron chi connectivity index (χ3n) is 4.52. The minimum atomic E-state index is 0.280. The van der Waals surface area contributed by atoms with Crippen molar-refractivity contribution in [2.45, 2.75) is 24.1 Å². The molecule has 0 saturated heterocycles. The molecule has 0 atom stereocenters. The number of rotatable bonds is 8. The average Bonchev–Trinajstić information content (AvgIpc) is 3.32. The second-order valence-electron chi connectivity index (χ2n) is 6.46. The van der Waals surface area contributed by atoms with Gasteiger partial charge >= 0.3 is 0 Å². The number of hydrogen-bond acceptors (Lipinski definition) is 5. The third kappa shape index (κ3) is 4.20. The van der Waals surface area contributed by atoms with Gasteiger partial charge in [-0.05, 0) is 42.0 Å². The van der Waals surface area contributed by atoms with E-state index >= 15 is 0 Å². The van der Waals surface area contributed by atoms with Crippen LogP contribution in [0.1, 0.15) is 17.0 Å². The molecule has 4 aromatic rings. The minimum Gasteiger partial charge on any atom is -0.486 e. The number of ether oxygens (including phenoxy) is 1. The minimum absolute atomic E-state index is 0.280. The zero-order valence-electron chi connectivity index (χ0n) is 16.0. The van der Waals surface area contributed by atoms with Crippen LogP contribution in [0.15, 0.2) is 72.7 Å². The fraction of sp³-hybridized carbons (Fsp3) is 0.136. The molecule has 150 valence electrons. The van der Waals surface area contributed by atoms with E-state index in [-0.39, 0.29) is 6.61 Å². The molecule has 6 nitrogen and oxygen atoms in total. The van der Waals surface area contributed by atoms with E-state index in [1.54, 1.807) is 18.2 Å². The van der Waals surface area contributed by atoms with Gasteiger partial charge in [0.05, 0.1) is 11.1 Å². The van der Waals surface area contributed by atoms with Gasteiger partial charge < -0.3 is 9.14 Å². The molecule has 0 spiro atoms. The first-order valence-corrected chi connectivity index (χ1v) is 10.6. The predicted octanol–water partition coefficient (Wildman–Crippen LogP) is 5.11. The maximum atomic E-state index is 9.60. The molecule has 0 unspecified atom stereocenters. The van der Waals surface area contributed by atoms with E-state index in [4.69, 9.17) is 16.3 Å². The van der Waals surface area contributed by atoms with Gasteiger partial charge in [0.1, 0.15) is 18.4 Å².